The van der Waals surface area contributed by atoms with E-state index in [2.05, 4.69) is 10.6 Å². The van der Waals surface area contributed by atoms with E-state index in [1.165, 1.54) is 0 Å². The Morgan fingerprint density at radius 2 is 1.89 bits per heavy atom. The van der Waals surface area contributed by atoms with E-state index in [9.17, 15) is 9.59 Å². The van der Waals surface area contributed by atoms with Crippen molar-refractivity contribution in [3.8, 4) is 0 Å². The van der Waals surface area contributed by atoms with Crippen molar-refractivity contribution in [2.24, 2.45) is 5.73 Å². The van der Waals surface area contributed by atoms with E-state index in [1.807, 2.05) is 13.8 Å². The Balaban J connectivity index is 2.59. The summed E-state index contributed by atoms with van der Waals surface area (Å²) < 4.78 is 0. The normalized spacial score (nSPS) is 11.7. The summed E-state index contributed by atoms with van der Waals surface area (Å²) in [6, 6.07) is 6.65. The maximum absolute atomic E-state index is 11.8. The number of carbonyl (C=O) groups is 2. The number of amides is 3. The van der Waals surface area contributed by atoms with Crippen molar-refractivity contribution in [1.82, 2.24) is 10.6 Å². The van der Waals surface area contributed by atoms with Crippen molar-refractivity contribution < 1.29 is 9.59 Å². The highest BCUT2D eigenvalue weighted by atomic mass is 16.2. The van der Waals surface area contributed by atoms with Gasteiger partial charge in [-0.15, -0.1) is 0 Å². The van der Waals surface area contributed by atoms with Gasteiger partial charge in [0.15, 0.2) is 0 Å². The van der Waals surface area contributed by atoms with Crippen LogP contribution in [0.25, 0.3) is 0 Å². The Morgan fingerprint density at radius 1 is 1.28 bits per heavy atom. The summed E-state index contributed by atoms with van der Waals surface area (Å²) in [6.07, 6.45) is 0.895. The first-order valence-electron chi connectivity index (χ1n) is 5.96. The number of benzene rings is 1. The van der Waals surface area contributed by atoms with Crippen molar-refractivity contribution >= 4 is 11.9 Å². The number of nitrogens with one attached hydrogen (secondary N) is 2. The minimum absolute atomic E-state index is 0.0845. The topological polar surface area (TPSA) is 84.2 Å². The third kappa shape index (κ3) is 4.45. The van der Waals surface area contributed by atoms with E-state index < -0.39 is 6.03 Å². The molecule has 3 amide bonds. The molecule has 98 valence electrons. The zero-order valence-corrected chi connectivity index (χ0v) is 10.7. The lowest BCUT2D eigenvalue weighted by atomic mass is 10.1. The molecule has 5 heteroatoms. The van der Waals surface area contributed by atoms with Gasteiger partial charge in [0.05, 0.1) is 0 Å². The van der Waals surface area contributed by atoms with Crippen molar-refractivity contribution in [2.45, 2.75) is 32.9 Å². The van der Waals surface area contributed by atoms with Crippen LogP contribution in [0.3, 0.4) is 0 Å². The Morgan fingerprint density at radius 3 is 2.39 bits per heavy atom. The first-order valence-corrected chi connectivity index (χ1v) is 5.96. The van der Waals surface area contributed by atoms with Crippen molar-refractivity contribution in [3.05, 3.63) is 35.4 Å². The van der Waals surface area contributed by atoms with Crippen LogP contribution in [0.1, 0.15) is 36.2 Å². The summed E-state index contributed by atoms with van der Waals surface area (Å²) >= 11 is 0. The highest BCUT2D eigenvalue weighted by molar-refractivity contribution is 5.94. The average Bonchev–Trinajstić information content (AvgIpc) is 2.36. The van der Waals surface area contributed by atoms with Gasteiger partial charge in [0.2, 0.25) is 0 Å². The standard InChI is InChI=1S/C13H19N3O2/c1-3-9(2)16-12(17)11-6-4-10(5-7-11)8-15-13(14)18/h4-7,9H,3,8H2,1-2H3,(H,16,17)(H3,14,15,18). The second kappa shape index (κ2) is 6.64. The van der Waals surface area contributed by atoms with Crippen LogP contribution >= 0.6 is 0 Å². The summed E-state index contributed by atoms with van der Waals surface area (Å²) in [4.78, 5) is 22.3. The molecule has 0 saturated carbocycles. The van der Waals surface area contributed by atoms with Crippen LogP contribution in [0.4, 0.5) is 4.79 Å². The molecule has 0 spiro atoms. The number of rotatable bonds is 5. The number of primary amides is 1. The summed E-state index contributed by atoms with van der Waals surface area (Å²) in [5.74, 6) is -0.0845. The van der Waals surface area contributed by atoms with Crippen molar-refractivity contribution in [2.75, 3.05) is 0 Å². The molecule has 0 saturated heterocycles. The molecule has 0 heterocycles. The molecule has 1 rings (SSSR count). The largest absolute Gasteiger partial charge is 0.352 e. The van der Waals surface area contributed by atoms with Crippen LogP contribution in [0.15, 0.2) is 24.3 Å². The number of carbonyl (C=O) groups excluding carboxylic acids is 2. The fraction of sp³-hybridized carbons (Fsp3) is 0.385. The lowest BCUT2D eigenvalue weighted by Crippen LogP contribution is -2.32. The summed E-state index contributed by atoms with van der Waals surface area (Å²) in [7, 11) is 0. The molecule has 18 heavy (non-hydrogen) atoms. The van der Waals surface area contributed by atoms with Gasteiger partial charge in [-0.2, -0.15) is 0 Å². The molecule has 0 aliphatic carbocycles. The van der Waals surface area contributed by atoms with Gasteiger partial charge in [-0.3, -0.25) is 4.79 Å². The molecule has 0 radical (unpaired) electrons. The summed E-state index contributed by atoms with van der Waals surface area (Å²) in [6.45, 7) is 4.34. The minimum Gasteiger partial charge on any atom is -0.352 e. The zero-order chi connectivity index (χ0) is 13.5. The average molecular weight is 249 g/mol. The lowest BCUT2D eigenvalue weighted by Gasteiger charge is -2.11. The first-order chi connectivity index (χ1) is 8.52. The van der Waals surface area contributed by atoms with Crippen molar-refractivity contribution in [1.29, 1.82) is 0 Å². The van der Waals surface area contributed by atoms with Gasteiger partial charge >= 0.3 is 6.03 Å². The molecule has 0 bridgehead atoms. The lowest BCUT2D eigenvalue weighted by molar-refractivity contribution is 0.0939. The Labute approximate surface area is 107 Å². The van der Waals surface area contributed by atoms with Gasteiger partial charge in [-0.1, -0.05) is 19.1 Å². The quantitative estimate of drug-likeness (QED) is 0.736. The van der Waals surface area contributed by atoms with E-state index in [1.54, 1.807) is 24.3 Å². The molecule has 1 aromatic rings. The highest BCUT2D eigenvalue weighted by Crippen LogP contribution is 2.05. The third-order valence-corrected chi connectivity index (χ3v) is 2.67. The maximum Gasteiger partial charge on any atom is 0.312 e. The van der Waals surface area contributed by atoms with E-state index in [0.717, 1.165) is 12.0 Å². The van der Waals surface area contributed by atoms with E-state index in [4.69, 9.17) is 5.73 Å². The highest BCUT2D eigenvalue weighted by Gasteiger charge is 2.07. The van der Waals surface area contributed by atoms with E-state index in [0.29, 0.717) is 12.1 Å². The number of urea groups is 1. The molecule has 0 aliphatic heterocycles. The number of hydrogen-bond acceptors (Lipinski definition) is 2. The predicted molar refractivity (Wildman–Crippen MR) is 70.1 cm³/mol. The van der Waals surface area contributed by atoms with Crippen LogP contribution in [0.5, 0.6) is 0 Å². The number of nitrogens with two attached hydrogens (primary N) is 1. The van der Waals surface area contributed by atoms with Gasteiger partial charge in [0.1, 0.15) is 0 Å². The predicted octanol–water partition coefficient (Wildman–Crippen LogP) is 1.38. The molecule has 1 unspecified atom stereocenters. The van der Waals surface area contributed by atoms with Crippen molar-refractivity contribution in [3.63, 3.8) is 0 Å². The van der Waals surface area contributed by atoms with Crippen LogP contribution in [-0.4, -0.2) is 18.0 Å². The Kier molecular flexibility index (Phi) is 5.17. The molecule has 1 atom stereocenters. The molecule has 0 aliphatic rings. The Hall–Kier alpha value is -2.04. The van der Waals surface area contributed by atoms with Gasteiger partial charge in [-0.25, -0.2) is 4.79 Å². The monoisotopic (exact) mass is 249 g/mol. The summed E-state index contributed by atoms with van der Waals surface area (Å²) in [5.41, 5.74) is 6.48. The van der Waals surface area contributed by atoms with E-state index >= 15 is 0 Å². The molecule has 0 aromatic heterocycles. The fourth-order valence-electron chi connectivity index (χ4n) is 1.37. The SMILES string of the molecule is CCC(C)NC(=O)c1ccc(CNC(N)=O)cc1. The molecule has 1 aromatic carbocycles. The van der Waals surface area contributed by atoms with Gasteiger partial charge in [0.25, 0.3) is 5.91 Å². The zero-order valence-electron chi connectivity index (χ0n) is 10.7. The van der Waals surface area contributed by atoms with Crippen LogP contribution in [0.2, 0.25) is 0 Å². The molecule has 4 N–H and O–H groups in total. The van der Waals surface area contributed by atoms with Crippen LogP contribution < -0.4 is 16.4 Å². The molecular weight excluding hydrogens is 230 g/mol. The maximum atomic E-state index is 11.8. The van der Waals surface area contributed by atoms with Gasteiger partial charge in [-0.05, 0) is 31.0 Å². The molecule has 0 fully saturated rings. The van der Waals surface area contributed by atoms with Crippen LogP contribution in [0, 0.1) is 0 Å². The molecule has 5 nitrogen and oxygen atoms in total. The molecular formula is C13H19N3O2. The van der Waals surface area contributed by atoms with E-state index in [-0.39, 0.29) is 11.9 Å². The second-order valence-corrected chi connectivity index (χ2v) is 4.20. The minimum atomic E-state index is -0.561. The number of hydrogen-bond donors (Lipinski definition) is 3. The van der Waals surface area contributed by atoms with Gasteiger partial charge < -0.3 is 16.4 Å². The fourth-order valence-corrected chi connectivity index (χ4v) is 1.37. The Bertz CT molecular complexity index is 415. The smallest absolute Gasteiger partial charge is 0.312 e. The summed E-state index contributed by atoms with van der Waals surface area (Å²) in [5, 5.41) is 5.38. The second-order valence-electron chi connectivity index (χ2n) is 4.20. The first kappa shape index (κ1) is 14.0. The van der Waals surface area contributed by atoms with Gasteiger partial charge in [0, 0.05) is 18.2 Å². The van der Waals surface area contributed by atoms with Crippen LogP contribution in [-0.2, 0) is 6.54 Å². The third-order valence-electron chi connectivity index (χ3n) is 2.67.